The van der Waals surface area contributed by atoms with E-state index in [1.54, 1.807) is 13.8 Å². The fourth-order valence-electron chi connectivity index (χ4n) is 8.17. The molecule has 0 aromatic heterocycles. The highest BCUT2D eigenvalue weighted by atomic mass is 32.4. The molecule has 1 aromatic carbocycles. The van der Waals surface area contributed by atoms with Crippen LogP contribution in [-0.2, 0) is 37.3 Å². The standard InChI is InChI=1S/C64H98O6.CH3PS/c1-47(2)25-16-26-48(3)27-17-28-49(4)29-18-30-50(5)31-19-32-51(6)33-20-34-52(7)35-21-36-53(8)37-22-38-54(9)39-23-40-55(10)41-24-42-56(11)43-44-60-59(14)64(58(13)57(12)63(60)67)70-62(66)45-61(65)69-46-68-15;1-2-3/h25,27,29,31,33,35,37,39,41,43,67H,16-24,26,28,30,32,34,36,38,40,42,44-46H2,1-15H3;1H3/b48-27+,49-29+,50-31+,51-33+,52-35+,53-37+,54-39+,55-41+,56-43+;. The first-order valence-corrected chi connectivity index (χ1v) is 29.4. The van der Waals surface area contributed by atoms with E-state index in [1.807, 2.05) is 13.6 Å². The van der Waals surface area contributed by atoms with Gasteiger partial charge in [0.2, 0.25) is 0 Å². The van der Waals surface area contributed by atoms with Crippen molar-refractivity contribution in [2.24, 2.45) is 0 Å². The summed E-state index contributed by atoms with van der Waals surface area (Å²) in [5.41, 5.74) is 17.3. The van der Waals surface area contributed by atoms with Gasteiger partial charge in [-0.1, -0.05) is 128 Å². The molecule has 0 unspecified atom stereocenters. The zero-order chi connectivity index (χ0) is 55.1. The number of allylic oxidation sites excluding steroid dienone is 20. The van der Waals surface area contributed by atoms with Crippen LogP contribution in [-0.4, -0.2) is 37.6 Å². The van der Waals surface area contributed by atoms with E-state index in [1.165, 1.54) is 75.7 Å². The summed E-state index contributed by atoms with van der Waals surface area (Å²) < 4.78 is 15.1. The van der Waals surface area contributed by atoms with Crippen molar-refractivity contribution >= 4 is 31.1 Å². The molecular weight excluding hydrogens is 940 g/mol. The molecule has 0 aliphatic rings. The number of rotatable bonds is 34. The molecule has 0 saturated heterocycles. The Morgan fingerprint density at radius 2 is 0.753 bits per heavy atom. The summed E-state index contributed by atoms with van der Waals surface area (Å²) in [6.07, 6.45) is 43.8. The number of ether oxygens (including phenoxy) is 3. The van der Waals surface area contributed by atoms with E-state index in [2.05, 4.69) is 149 Å². The van der Waals surface area contributed by atoms with Crippen LogP contribution in [0, 0.1) is 20.8 Å². The number of carbonyl (C=O) groups is 2. The molecule has 8 heteroatoms. The third kappa shape index (κ3) is 35.6. The number of methoxy groups -OCH3 is 1. The molecule has 1 aromatic rings. The van der Waals surface area contributed by atoms with Crippen molar-refractivity contribution in [1.29, 1.82) is 0 Å². The highest BCUT2D eigenvalue weighted by Gasteiger charge is 2.21. The third-order valence-electron chi connectivity index (χ3n) is 13.2. The number of benzene rings is 1. The maximum Gasteiger partial charge on any atom is 0.322 e. The number of hydrogen-bond acceptors (Lipinski definition) is 7. The molecule has 0 atom stereocenters. The average molecular weight is 1040 g/mol. The van der Waals surface area contributed by atoms with Gasteiger partial charge in [-0.25, -0.2) is 0 Å². The summed E-state index contributed by atoms with van der Waals surface area (Å²) in [4.78, 5) is 24.4. The lowest BCUT2D eigenvalue weighted by molar-refractivity contribution is -0.158. The van der Waals surface area contributed by atoms with Crippen LogP contribution < -0.4 is 4.74 Å². The van der Waals surface area contributed by atoms with Crippen LogP contribution in [0.4, 0.5) is 0 Å². The fourth-order valence-corrected chi connectivity index (χ4v) is 8.17. The highest BCUT2D eigenvalue weighted by molar-refractivity contribution is 7.96. The molecule has 0 amide bonds. The molecule has 0 fully saturated rings. The zero-order valence-corrected chi connectivity index (χ0v) is 50.7. The van der Waals surface area contributed by atoms with Crippen molar-refractivity contribution < 1.29 is 28.9 Å². The quantitative estimate of drug-likeness (QED) is 0.0184. The molecule has 6 nitrogen and oxygen atoms in total. The first kappa shape index (κ1) is 68.8. The van der Waals surface area contributed by atoms with Crippen LogP contribution in [0.5, 0.6) is 11.5 Å². The van der Waals surface area contributed by atoms with Crippen molar-refractivity contribution in [2.75, 3.05) is 20.6 Å². The highest BCUT2D eigenvalue weighted by Crippen LogP contribution is 2.38. The van der Waals surface area contributed by atoms with Crippen LogP contribution in [0.2, 0.25) is 0 Å². The number of phenolic OH excluding ortho intramolecular Hbond substituents is 1. The Hall–Kier alpha value is -4.16. The Morgan fingerprint density at radius 1 is 0.466 bits per heavy atom. The van der Waals surface area contributed by atoms with E-state index in [-0.39, 0.29) is 12.5 Å². The van der Waals surface area contributed by atoms with E-state index in [0.29, 0.717) is 34.4 Å². The number of carbonyl (C=O) groups excluding carboxylic acids is 2. The Balaban J connectivity index is 0.0000168. The number of aromatic hydroxyl groups is 1. The third-order valence-corrected chi connectivity index (χ3v) is 13.2. The molecular formula is C65H101O6PS. The normalized spacial score (nSPS) is 13.6. The molecule has 408 valence electrons. The summed E-state index contributed by atoms with van der Waals surface area (Å²) in [6.45, 7) is 31.8. The molecule has 0 bridgehead atoms. The number of hydrogen-bond donors (Lipinski definition) is 1. The fraction of sp³-hybridized carbons (Fsp3) is 0.569. The molecule has 0 aliphatic heterocycles. The molecule has 73 heavy (non-hydrogen) atoms. The molecule has 0 heterocycles. The molecule has 0 aliphatic carbocycles. The predicted molar refractivity (Wildman–Crippen MR) is 321 cm³/mol. The minimum absolute atomic E-state index is 0.206. The van der Waals surface area contributed by atoms with Gasteiger partial charge >= 0.3 is 11.9 Å². The van der Waals surface area contributed by atoms with Crippen molar-refractivity contribution in [1.82, 2.24) is 0 Å². The van der Waals surface area contributed by atoms with E-state index < -0.39 is 18.4 Å². The lowest BCUT2D eigenvalue weighted by Gasteiger charge is -2.18. The smallest absolute Gasteiger partial charge is 0.322 e. The van der Waals surface area contributed by atoms with Crippen LogP contribution in [0.1, 0.15) is 220 Å². The molecule has 1 N–H and O–H groups in total. The van der Waals surface area contributed by atoms with Gasteiger partial charge in [-0.15, -0.1) is 0 Å². The van der Waals surface area contributed by atoms with Crippen LogP contribution in [0.3, 0.4) is 0 Å². The minimum Gasteiger partial charge on any atom is -0.507 e. The van der Waals surface area contributed by atoms with Gasteiger partial charge in [-0.3, -0.25) is 9.59 Å². The monoisotopic (exact) mass is 1040 g/mol. The lowest BCUT2D eigenvalue weighted by atomic mass is 9.94. The van der Waals surface area contributed by atoms with Crippen molar-refractivity contribution in [3.8, 4) is 11.5 Å². The van der Waals surface area contributed by atoms with Crippen molar-refractivity contribution in [3.63, 3.8) is 0 Å². The average Bonchev–Trinajstić information content (AvgIpc) is 3.31. The van der Waals surface area contributed by atoms with Gasteiger partial charge in [-0.05, 0) is 250 Å². The summed E-state index contributed by atoms with van der Waals surface area (Å²) >= 11 is 4.37. The second-order valence-corrected chi connectivity index (χ2v) is 22.0. The summed E-state index contributed by atoms with van der Waals surface area (Å²) in [5.74, 6) is -0.858. The second kappa shape index (κ2) is 42.1. The predicted octanol–water partition coefficient (Wildman–Crippen LogP) is 19.8. The van der Waals surface area contributed by atoms with Gasteiger partial charge in [0.05, 0.1) is 0 Å². The van der Waals surface area contributed by atoms with Gasteiger partial charge in [-0.2, -0.15) is 0 Å². The maximum atomic E-state index is 12.5. The largest absolute Gasteiger partial charge is 0.507 e. The SMILES string of the molecule is COCOC(=O)CC(=O)Oc1c(C)c(C)c(O)c(C/C=C(\C)CC/C=C(\C)CC/C=C(\C)CC/C=C(\C)CC/C=C(\C)CC/C=C(\C)CC/C=C(\C)CC/C=C(\C)CC/C=C(\C)CCC=C(C)C)c1C.CP=S. The van der Waals surface area contributed by atoms with E-state index in [9.17, 15) is 14.7 Å². The van der Waals surface area contributed by atoms with E-state index in [0.717, 1.165) is 110 Å². The van der Waals surface area contributed by atoms with Crippen molar-refractivity contribution in [2.45, 2.75) is 225 Å². The van der Waals surface area contributed by atoms with E-state index >= 15 is 0 Å². The summed E-state index contributed by atoms with van der Waals surface area (Å²) in [5, 5.41) is 11.0. The molecule has 0 spiro atoms. The van der Waals surface area contributed by atoms with E-state index in [4.69, 9.17) is 14.2 Å². The van der Waals surface area contributed by atoms with Crippen molar-refractivity contribution in [3.05, 3.63) is 139 Å². The molecule has 1 rings (SSSR count). The number of phenols is 1. The van der Waals surface area contributed by atoms with Gasteiger partial charge in [0, 0.05) is 12.7 Å². The lowest BCUT2D eigenvalue weighted by Crippen LogP contribution is -2.18. The van der Waals surface area contributed by atoms with Crippen LogP contribution in [0.25, 0.3) is 0 Å². The molecule has 0 radical (unpaired) electrons. The first-order chi connectivity index (χ1) is 34.6. The Bertz CT molecular complexity index is 2160. The number of esters is 2. The maximum absolute atomic E-state index is 12.5. The Kier molecular flexibility index (Phi) is 39.7. The van der Waals surface area contributed by atoms with Gasteiger partial charge in [0.25, 0.3) is 0 Å². The van der Waals surface area contributed by atoms with Gasteiger partial charge in [0.1, 0.15) is 17.9 Å². The Morgan fingerprint density at radius 3 is 1.04 bits per heavy atom. The minimum atomic E-state index is -0.721. The second-order valence-electron chi connectivity index (χ2n) is 20.6. The summed E-state index contributed by atoms with van der Waals surface area (Å²) in [6, 6.07) is 0. The van der Waals surface area contributed by atoms with Gasteiger partial charge in [0.15, 0.2) is 6.79 Å². The zero-order valence-electron chi connectivity index (χ0n) is 49.0. The van der Waals surface area contributed by atoms with Gasteiger partial charge < -0.3 is 19.3 Å². The van der Waals surface area contributed by atoms with Crippen LogP contribution in [0.15, 0.2) is 116 Å². The first-order valence-electron chi connectivity index (χ1n) is 27.1. The Labute approximate surface area is 453 Å². The van der Waals surface area contributed by atoms with Crippen LogP contribution >= 0.6 is 7.36 Å². The topological polar surface area (TPSA) is 82.1 Å². The summed E-state index contributed by atoms with van der Waals surface area (Å²) in [7, 11) is 2.40. The molecule has 0 saturated carbocycles.